The molecule has 0 amide bonds. The first kappa shape index (κ1) is 31.1. The smallest absolute Gasteiger partial charge is 0.171 e. The first-order chi connectivity index (χ1) is 19.4. The van der Waals surface area contributed by atoms with Crippen molar-refractivity contribution >= 4 is 68.4 Å². The Bertz CT molecular complexity index is 1650. The zero-order valence-electron chi connectivity index (χ0n) is 20.6. The van der Waals surface area contributed by atoms with Crippen molar-refractivity contribution in [3.05, 3.63) is 151 Å². The van der Waals surface area contributed by atoms with E-state index in [-0.39, 0.29) is 42.3 Å². The van der Waals surface area contributed by atoms with Gasteiger partial charge in [-0.2, -0.15) is 0 Å². The number of benzene rings is 4. The molecule has 11 heteroatoms. The number of hydrogen-bond donors (Lipinski definition) is 0. The zero-order valence-corrected chi connectivity index (χ0v) is 24.5. The molecule has 0 aromatic heterocycles. The van der Waals surface area contributed by atoms with E-state index >= 15 is 0 Å². The van der Waals surface area contributed by atoms with Crippen molar-refractivity contribution in [1.82, 2.24) is 0 Å². The molecule has 0 fully saturated rings. The summed E-state index contributed by atoms with van der Waals surface area (Å²) in [5, 5.41) is -2.54. The summed E-state index contributed by atoms with van der Waals surface area (Å²) in [6.07, 6.45) is 4.77. The highest BCUT2D eigenvalue weighted by molar-refractivity contribution is 7.92. The lowest BCUT2D eigenvalue weighted by Gasteiger charge is -2.23. The lowest BCUT2D eigenvalue weighted by molar-refractivity contribution is 0.580. The predicted octanol–water partition coefficient (Wildman–Crippen LogP) is 10.5. The van der Waals surface area contributed by atoms with Crippen LogP contribution in [0.25, 0.3) is 12.2 Å². The van der Waals surface area contributed by atoms with Crippen molar-refractivity contribution in [2.75, 3.05) is 0 Å². The third-order valence-electron chi connectivity index (χ3n) is 6.07. The second kappa shape index (κ2) is 13.0. The van der Waals surface area contributed by atoms with Crippen LogP contribution < -0.4 is 0 Å². The van der Waals surface area contributed by atoms with Gasteiger partial charge in [0.2, 0.25) is 0 Å². The van der Waals surface area contributed by atoms with Crippen molar-refractivity contribution < 1.29 is 26.0 Å². The number of sulfone groups is 1. The van der Waals surface area contributed by atoms with Crippen LogP contribution in [-0.2, 0) is 9.84 Å². The molecule has 212 valence electrons. The van der Waals surface area contributed by atoms with Gasteiger partial charge in [-0.1, -0.05) is 82.8 Å². The lowest BCUT2D eigenvalue weighted by Crippen LogP contribution is -2.19. The van der Waals surface area contributed by atoms with Gasteiger partial charge >= 0.3 is 0 Å². The predicted molar refractivity (Wildman–Crippen MR) is 158 cm³/mol. The molecule has 4 aromatic carbocycles. The van der Waals surface area contributed by atoms with Crippen LogP contribution >= 0.6 is 46.4 Å². The second-order valence-corrected chi connectivity index (χ2v) is 12.7. The Labute approximate surface area is 254 Å². The molecule has 0 N–H and O–H groups in total. The summed E-state index contributed by atoms with van der Waals surface area (Å²) in [4.78, 5) is 0. The van der Waals surface area contributed by atoms with Gasteiger partial charge in [0.25, 0.3) is 0 Å². The van der Waals surface area contributed by atoms with E-state index in [4.69, 9.17) is 46.4 Å². The summed E-state index contributed by atoms with van der Waals surface area (Å²) in [6.45, 7) is 0. The summed E-state index contributed by atoms with van der Waals surface area (Å²) < 4.78 is 84.7. The first-order valence-electron chi connectivity index (χ1n) is 11.8. The highest BCUT2D eigenvalue weighted by Gasteiger charge is 2.36. The number of halogens is 8. The largest absolute Gasteiger partial charge is 0.227 e. The minimum atomic E-state index is -4.44. The average molecular weight is 660 g/mol. The highest BCUT2D eigenvalue weighted by atomic mass is 35.5. The Kier molecular flexibility index (Phi) is 9.88. The van der Waals surface area contributed by atoms with E-state index in [9.17, 15) is 26.0 Å². The maximum absolute atomic E-state index is 14.4. The van der Waals surface area contributed by atoms with Crippen LogP contribution in [0.5, 0.6) is 0 Å². The molecule has 0 aliphatic carbocycles. The van der Waals surface area contributed by atoms with Gasteiger partial charge in [0, 0.05) is 43.4 Å². The van der Waals surface area contributed by atoms with Crippen LogP contribution in [0.1, 0.15) is 32.8 Å². The minimum absolute atomic E-state index is 0.00446. The Morgan fingerprint density at radius 2 is 0.951 bits per heavy atom. The third-order valence-corrected chi connectivity index (χ3v) is 9.43. The van der Waals surface area contributed by atoms with Crippen molar-refractivity contribution in [2.24, 2.45) is 0 Å². The summed E-state index contributed by atoms with van der Waals surface area (Å²) in [6, 6.07) is 14.1. The maximum atomic E-state index is 14.4. The van der Waals surface area contributed by atoms with E-state index < -0.39 is 43.6 Å². The molecular formula is C30H18Cl4F4O2S. The number of hydrogen-bond acceptors (Lipinski definition) is 2. The first-order valence-corrected chi connectivity index (χ1v) is 14.9. The molecule has 41 heavy (non-hydrogen) atoms. The maximum Gasteiger partial charge on any atom is 0.171 e. The van der Waals surface area contributed by atoms with Gasteiger partial charge in [-0.05, 0) is 59.7 Å². The van der Waals surface area contributed by atoms with Gasteiger partial charge in [-0.3, -0.25) is 0 Å². The normalized spacial score (nSPS) is 13.7. The molecule has 2 unspecified atom stereocenters. The Morgan fingerprint density at radius 3 is 1.29 bits per heavy atom. The molecule has 0 spiro atoms. The van der Waals surface area contributed by atoms with Crippen LogP contribution in [0, 0.1) is 23.3 Å². The van der Waals surface area contributed by atoms with Crippen LogP contribution in [0.3, 0.4) is 0 Å². The fourth-order valence-corrected chi connectivity index (χ4v) is 7.27. The minimum Gasteiger partial charge on any atom is -0.227 e. The average Bonchev–Trinajstić information content (AvgIpc) is 2.88. The van der Waals surface area contributed by atoms with Gasteiger partial charge in [0.15, 0.2) is 9.84 Å². The molecule has 0 saturated carbocycles. The van der Waals surface area contributed by atoms with Crippen LogP contribution in [0.15, 0.2) is 84.9 Å². The molecule has 4 aromatic rings. The van der Waals surface area contributed by atoms with E-state index in [2.05, 4.69) is 0 Å². The van der Waals surface area contributed by atoms with E-state index in [0.29, 0.717) is 12.1 Å². The quantitative estimate of drug-likeness (QED) is 0.176. The van der Waals surface area contributed by atoms with Crippen LogP contribution in [-0.4, -0.2) is 8.42 Å². The van der Waals surface area contributed by atoms with Gasteiger partial charge in [0.1, 0.15) is 33.8 Å². The molecule has 0 heterocycles. The van der Waals surface area contributed by atoms with Crippen molar-refractivity contribution in [3.8, 4) is 0 Å². The van der Waals surface area contributed by atoms with E-state index in [1.54, 1.807) is 0 Å². The summed E-state index contributed by atoms with van der Waals surface area (Å²) >= 11 is 24.9. The van der Waals surface area contributed by atoms with Crippen molar-refractivity contribution in [1.29, 1.82) is 0 Å². The molecular weight excluding hydrogens is 642 g/mol. The lowest BCUT2D eigenvalue weighted by atomic mass is 10.1. The Hall–Kier alpha value is -2.81. The summed E-state index contributed by atoms with van der Waals surface area (Å²) in [5.74, 6) is -3.44. The fraction of sp³-hybridized carbons (Fsp3) is 0.0667. The summed E-state index contributed by atoms with van der Waals surface area (Å²) in [7, 11) is -4.44. The second-order valence-electron chi connectivity index (χ2n) is 8.81. The zero-order chi connectivity index (χ0) is 29.9. The monoisotopic (exact) mass is 658 g/mol. The molecule has 0 saturated heterocycles. The topological polar surface area (TPSA) is 34.1 Å². The summed E-state index contributed by atoms with van der Waals surface area (Å²) in [5.41, 5.74) is 0.0425. The molecule has 2 atom stereocenters. The Balaban J connectivity index is 1.92. The van der Waals surface area contributed by atoms with Gasteiger partial charge in [-0.15, -0.1) is 0 Å². The molecule has 0 bridgehead atoms. The highest BCUT2D eigenvalue weighted by Crippen LogP contribution is 2.42. The standard InChI is InChI=1S/C30H18Cl4F4O2S/c31-19-5-9-23(25(33)13-19)29(11-3-17-1-7-21(35)15-27(17)37)41(39,40)30(24-10-6-20(32)14-26(24)34)12-4-18-2-8-22(36)16-28(18)38/h1-16,29-30H. The molecule has 0 aliphatic heterocycles. The number of rotatable bonds is 8. The fourth-order valence-electron chi connectivity index (χ4n) is 4.06. The third kappa shape index (κ3) is 7.34. The molecule has 2 nitrogen and oxygen atoms in total. The van der Waals surface area contributed by atoms with Crippen LogP contribution in [0.2, 0.25) is 20.1 Å². The van der Waals surface area contributed by atoms with Gasteiger partial charge < -0.3 is 0 Å². The van der Waals surface area contributed by atoms with E-state index in [0.717, 1.165) is 24.3 Å². The van der Waals surface area contributed by atoms with Crippen molar-refractivity contribution in [2.45, 2.75) is 10.5 Å². The van der Waals surface area contributed by atoms with Crippen molar-refractivity contribution in [3.63, 3.8) is 0 Å². The molecule has 4 rings (SSSR count). The van der Waals surface area contributed by atoms with E-state index in [1.165, 1.54) is 60.7 Å². The molecule has 0 radical (unpaired) electrons. The Morgan fingerprint density at radius 1 is 0.561 bits per heavy atom. The van der Waals surface area contributed by atoms with Gasteiger partial charge in [0.05, 0.1) is 0 Å². The SMILES string of the molecule is O=S(=O)(C(C=Cc1ccc(F)cc1F)c1ccc(Cl)cc1Cl)C(C=Cc1ccc(F)cc1F)c1ccc(Cl)cc1Cl. The van der Waals surface area contributed by atoms with Gasteiger partial charge in [-0.25, -0.2) is 26.0 Å². The molecule has 0 aliphatic rings. The van der Waals surface area contributed by atoms with Crippen LogP contribution in [0.4, 0.5) is 17.6 Å². The van der Waals surface area contributed by atoms with E-state index in [1.807, 2.05) is 0 Å².